The van der Waals surface area contributed by atoms with E-state index >= 15 is 0 Å². The minimum Gasteiger partial charge on any atom is -0.338 e. The van der Waals surface area contributed by atoms with E-state index in [1.807, 2.05) is 74.2 Å². The van der Waals surface area contributed by atoms with Crippen molar-refractivity contribution in [2.75, 3.05) is 49.8 Å². The van der Waals surface area contributed by atoms with Crippen LogP contribution in [-0.2, 0) is 15.4 Å². The molecule has 2 aliphatic rings. The van der Waals surface area contributed by atoms with Crippen molar-refractivity contribution >= 4 is 44.8 Å². The number of likely N-dealkylation sites (N-methyl/N-ethyl adjacent to an activating group) is 1. The SMILES string of the molecule is CCN(C[C@@H](CCN1CCC2(CC1)CN(S(C)(=O)=O)c1ccccc12)c1ccc(Cl)c(Cl)c1)C(=O)c1cc(C)cc(C)c1. The van der Waals surface area contributed by atoms with E-state index < -0.39 is 10.0 Å². The standard InChI is InChI=1S/C34H41Cl2N3O3S/c1-5-38(33(40)28-19-24(2)18-25(3)20-28)22-27(26-10-11-30(35)31(36)21-26)12-15-37-16-13-34(14-17-37)23-39(43(4,41)42)32-9-7-6-8-29(32)34/h6-11,18-21,27H,5,12-17,22-23H2,1-4H3/t27-/m1/s1. The van der Waals surface area contributed by atoms with Gasteiger partial charge in [0.1, 0.15) is 0 Å². The van der Waals surface area contributed by atoms with Gasteiger partial charge in [0.2, 0.25) is 10.0 Å². The molecule has 0 aliphatic carbocycles. The van der Waals surface area contributed by atoms with Gasteiger partial charge in [-0.2, -0.15) is 0 Å². The first-order chi connectivity index (χ1) is 20.4. The van der Waals surface area contributed by atoms with E-state index in [0.717, 1.165) is 66.8 Å². The number of anilines is 1. The van der Waals surface area contributed by atoms with Gasteiger partial charge in [-0.25, -0.2) is 8.42 Å². The van der Waals surface area contributed by atoms with Crippen LogP contribution >= 0.6 is 23.2 Å². The zero-order valence-electron chi connectivity index (χ0n) is 25.4. The van der Waals surface area contributed by atoms with Crippen LogP contribution in [0.1, 0.15) is 64.7 Å². The maximum Gasteiger partial charge on any atom is 0.253 e. The van der Waals surface area contributed by atoms with Crippen LogP contribution in [0.15, 0.2) is 60.7 Å². The summed E-state index contributed by atoms with van der Waals surface area (Å²) in [6.45, 7) is 10.4. The van der Waals surface area contributed by atoms with Crippen molar-refractivity contribution in [2.45, 2.75) is 51.4 Å². The fourth-order valence-electron chi connectivity index (χ4n) is 6.88. The largest absolute Gasteiger partial charge is 0.338 e. The third kappa shape index (κ3) is 6.90. The van der Waals surface area contributed by atoms with Crippen molar-refractivity contribution in [3.63, 3.8) is 0 Å². The number of benzene rings is 3. The first-order valence-electron chi connectivity index (χ1n) is 15.0. The lowest BCUT2D eigenvalue weighted by Crippen LogP contribution is -2.46. The van der Waals surface area contributed by atoms with Crippen molar-refractivity contribution < 1.29 is 13.2 Å². The first kappa shape index (κ1) is 31.8. The van der Waals surface area contributed by atoms with Gasteiger partial charge in [-0.1, -0.05) is 64.7 Å². The van der Waals surface area contributed by atoms with E-state index in [1.165, 1.54) is 6.26 Å². The second kappa shape index (κ2) is 12.8. The van der Waals surface area contributed by atoms with Crippen molar-refractivity contribution in [3.8, 4) is 0 Å². The Morgan fingerprint density at radius 1 is 0.977 bits per heavy atom. The van der Waals surface area contributed by atoms with Gasteiger partial charge in [-0.05, 0) is 101 Å². The van der Waals surface area contributed by atoms with Gasteiger partial charge in [0.25, 0.3) is 5.91 Å². The molecule has 1 saturated heterocycles. The number of halogens is 2. The van der Waals surface area contributed by atoms with Gasteiger partial charge >= 0.3 is 0 Å². The lowest BCUT2D eigenvalue weighted by atomic mass is 9.74. The minimum absolute atomic E-state index is 0.0367. The van der Waals surface area contributed by atoms with Crippen molar-refractivity contribution in [2.24, 2.45) is 0 Å². The zero-order chi connectivity index (χ0) is 30.9. The maximum absolute atomic E-state index is 13.6. The quantitative estimate of drug-likeness (QED) is 0.251. The summed E-state index contributed by atoms with van der Waals surface area (Å²) in [6, 6.07) is 19.8. The summed E-state index contributed by atoms with van der Waals surface area (Å²) >= 11 is 12.7. The second-order valence-corrected chi connectivity index (χ2v) is 15.0. The summed E-state index contributed by atoms with van der Waals surface area (Å²) in [5.74, 6) is 0.114. The van der Waals surface area contributed by atoms with Crippen LogP contribution in [0.5, 0.6) is 0 Å². The van der Waals surface area contributed by atoms with Gasteiger partial charge in [0.15, 0.2) is 0 Å². The molecule has 3 aromatic carbocycles. The number of hydrogen-bond donors (Lipinski definition) is 0. The molecular formula is C34H41Cl2N3O3S. The molecular weight excluding hydrogens is 601 g/mol. The van der Waals surface area contributed by atoms with Crippen LogP contribution in [0, 0.1) is 13.8 Å². The topological polar surface area (TPSA) is 60.9 Å². The Labute approximate surface area is 266 Å². The highest BCUT2D eigenvalue weighted by Gasteiger charge is 2.46. The van der Waals surface area contributed by atoms with Gasteiger partial charge in [-0.3, -0.25) is 9.10 Å². The summed E-state index contributed by atoms with van der Waals surface area (Å²) < 4.78 is 26.8. The van der Waals surface area contributed by atoms with E-state index in [1.54, 1.807) is 4.31 Å². The fraction of sp³-hybridized carbons (Fsp3) is 0.441. The number of hydrogen-bond acceptors (Lipinski definition) is 4. The van der Waals surface area contributed by atoms with Crippen LogP contribution in [0.3, 0.4) is 0 Å². The average molecular weight is 643 g/mol. The summed E-state index contributed by atoms with van der Waals surface area (Å²) in [4.78, 5) is 18.0. The first-order valence-corrected chi connectivity index (χ1v) is 17.6. The third-order valence-electron chi connectivity index (χ3n) is 9.19. The lowest BCUT2D eigenvalue weighted by Gasteiger charge is -2.40. The molecule has 1 fully saturated rings. The molecule has 2 heterocycles. The number of aryl methyl sites for hydroxylation is 2. The summed E-state index contributed by atoms with van der Waals surface area (Å²) in [5.41, 5.74) is 5.76. The van der Waals surface area contributed by atoms with Crippen molar-refractivity contribution in [1.82, 2.24) is 9.80 Å². The Hall–Kier alpha value is -2.58. The molecule has 3 aromatic rings. The fourth-order valence-corrected chi connectivity index (χ4v) is 8.19. The Kier molecular flexibility index (Phi) is 9.48. The molecule has 1 spiro atoms. The van der Waals surface area contributed by atoms with E-state index in [9.17, 15) is 13.2 Å². The molecule has 230 valence electrons. The van der Waals surface area contributed by atoms with E-state index in [-0.39, 0.29) is 17.2 Å². The normalized spacial score (nSPS) is 17.2. The number of rotatable bonds is 9. The highest BCUT2D eigenvalue weighted by atomic mass is 35.5. The molecule has 2 aliphatic heterocycles. The number of likely N-dealkylation sites (tertiary alicyclic amines) is 1. The number of fused-ring (bicyclic) bond motifs is 2. The molecule has 0 bridgehead atoms. The highest BCUT2D eigenvalue weighted by Crippen LogP contribution is 2.48. The van der Waals surface area contributed by atoms with Crippen LogP contribution < -0.4 is 4.31 Å². The number of carbonyl (C=O) groups is 1. The molecule has 0 radical (unpaired) electrons. The number of para-hydroxylation sites is 1. The molecule has 6 nitrogen and oxygen atoms in total. The van der Waals surface area contributed by atoms with Crippen molar-refractivity contribution in [1.29, 1.82) is 0 Å². The number of amides is 1. The highest BCUT2D eigenvalue weighted by molar-refractivity contribution is 7.92. The predicted octanol–water partition coefficient (Wildman–Crippen LogP) is 7.06. The van der Waals surface area contributed by atoms with Crippen LogP contribution in [0.4, 0.5) is 5.69 Å². The van der Waals surface area contributed by atoms with Crippen LogP contribution in [0.2, 0.25) is 10.0 Å². The Bertz CT molecular complexity index is 1580. The third-order valence-corrected chi connectivity index (χ3v) is 11.1. The average Bonchev–Trinajstić information content (AvgIpc) is 3.29. The Morgan fingerprint density at radius 3 is 2.28 bits per heavy atom. The van der Waals surface area contributed by atoms with E-state index in [0.29, 0.717) is 35.2 Å². The number of piperidine rings is 1. The second-order valence-electron chi connectivity index (χ2n) is 12.3. The van der Waals surface area contributed by atoms with E-state index in [4.69, 9.17) is 23.2 Å². The zero-order valence-corrected chi connectivity index (χ0v) is 27.8. The molecule has 5 rings (SSSR count). The molecule has 43 heavy (non-hydrogen) atoms. The molecule has 1 atom stereocenters. The smallest absolute Gasteiger partial charge is 0.253 e. The van der Waals surface area contributed by atoms with Gasteiger partial charge < -0.3 is 9.80 Å². The van der Waals surface area contributed by atoms with Gasteiger partial charge in [0.05, 0.1) is 22.0 Å². The Balaban J connectivity index is 1.31. The number of carbonyl (C=O) groups excluding carboxylic acids is 1. The molecule has 0 aromatic heterocycles. The summed E-state index contributed by atoms with van der Waals surface area (Å²) in [6.07, 6.45) is 3.96. The summed E-state index contributed by atoms with van der Waals surface area (Å²) in [5, 5.41) is 1.03. The van der Waals surface area contributed by atoms with Crippen LogP contribution in [-0.4, -0.2) is 69.6 Å². The number of nitrogens with zero attached hydrogens (tertiary/aromatic N) is 3. The molecule has 0 saturated carbocycles. The molecule has 0 unspecified atom stereocenters. The lowest BCUT2D eigenvalue weighted by molar-refractivity contribution is 0.0747. The molecule has 9 heteroatoms. The minimum atomic E-state index is -3.34. The monoisotopic (exact) mass is 641 g/mol. The molecule has 0 N–H and O–H groups in total. The number of sulfonamides is 1. The maximum atomic E-state index is 13.6. The van der Waals surface area contributed by atoms with E-state index in [2.05, 4.69) is 17.0 Å². The Morgan fingerprint density at radius 2 is 1.65 bits per heavy atom. The molecule has 1 amide bonds. The van der Waals surface area contributed by atoms with Gasteiger partial charge in [0, 0.05) is 36.5 Å². The summed E-state index contributed by atoms with van der Waals surface area (Å²) in [7, 11) is -3.34. The van der Waals surface area contributed by atoms with Crippen LogP contribution in [0.25, 0.3) is 0 Å². The predicted molar refractivity (Wildman–Crippen MR) is 177 cm³/mol. The van der Waals surface area contributed by atoms with Gasteiger partial charge in [-0.15, -0.1) is 0 Å². The van der Waals surface area contributed by atoms with Crippen molar-refractivity contribution in [3.05, 3.63) is 98.5 Å².